The zero-order chi connectivity index (χ0) is 20.1. The van der Waals surface area contributed by atoms with Crippen molar-refractivity contribution in [1.82, 2.24) is 19.3 Å². The molecule has 6 heteroatoms. The van der Waals surface area contributed by atoms with Gasteiger partial charge in [-0.25, -0.2) is 0 Å². The average molecular weight is 395 g/mol. The van der Waals surface area contributed by atoms with Crippen molar-refractivity contribution in [3.8, 4) is 0 Å². The molecule has 0 N–H and O–H groups in total. The van der Waals surface area contributed by atoms with E-state index < -0.39 is 0 Å². The van der Waals surface area contributed by atoms with Crippen LogP contribution in [0, 0.1) is 0 Å². The summed E-state index contributed by atoms with van der Waals surface area (Å²) in [4.78, 5) is 31.6. The van der Waals surface area contributed by atoms with Crippen molar-refractivity contribution in [3.63, 3.8) is 0 Å². The molecule has 2 aliphatic heterocycles. The molecule has 2 aromatic rings. The van der Waals surface area contributed by atoms with Crippen molar-refractivity contribution in [3.05, 3.63) is 59.9 Å². The minimum absolute atomic E-state index is 0.0768. The molecular formula is C23H30N4O2. The molecule has 4 rings (SSSR count). The molecule has 0 saturated carbocycles. The summed E-state index contributed by atoms with van der Waals surface area (Å²) in [7, 11) is 0. The van der Waals surface area contributed by atoms with E-state index in [0.29, 0.717) is 26.2 Å². The number of hydrogen-bond acceptors (Lipinski definition) is 3. The summed E-state index contributed by atoms with van der Waals surface area (Å²) in [6, 6.07) is 14.0. The minimum Gasteiger partial charge on any atom is -0.342 e. The lowest BCUT2D eigenvalue weighted by molar-refractivity contribution is -0.133. The number of likely N-dealkylation sites (tertiary alicyclic amines) is 1. The van der Waals surface area contributed by atoms with Crippen LogP contribution in [-0.2, 0) is 11.3 Å². The number of nitrogens with zero attached hydrogens (tertiary/aromatic N) is 4. The van der Waals surface area contributed by atoms with Crippen LogP contribution in [0.15, 0.2) is 48.7 Å². The summed E-state index contributed by atoms with van der Waals surface area (Å²) < 4.78 is 2.02. The fraction of sp³-hybridized carbons (Fsp3) is 0.478. The van der Waals surface area contributed by atoms with E-state index in [1.165, 1.54) is 12.0 Å². The van der Waals surface area contributed by atoms with Crippen LogP contribution in [-0.4, -0.2) is 76.9 Å². The van der Waals surface area contributed by atoms with E-state index in [1.54, 1.807) is 0 Å². The van der Waals surface area contributed by atoms with E-state index >= 15 is 0 Å². The highest BCUT2D eigenvalue weighted by molar-refractivity contribution is 5.93. The fourth-order valence-electron chi connectivity index (χ4n) is 4.23. The number of aromatic nitrogens is 1. The Balaban J connectivity index is 1.30. The second kappa shape index (κ2) is 9.27. The number of carbonyl (C=O) groups excluding carboxylic acids is 2. The van der Waals surface area contributed by atoms with Crippen LogP contribution >= 0.6 is 0 Å². The SMILES string of the molecule is O=C(CN1CCN(C(=O)c2cccn2Cc2ccccc2)CC1)N1CCCCC1. The van der Waals surface area contributed by atoms with Crippen LogP contribution in [0.25, 0.3) is 0 Å². The van der Waals surface area contributed by atoms with E-state index in [9.17, 15) is 9.59 Å². The van der Waals surface area contributed by atoms with E-state index in [0.717, 1.165) is 44.7 Å². The number of amides is 2. The second-order valence-corrected chi connectivity index (χ2v) is 8.02. The molecule has 154 valence electrons. The van der Waals surface area contributed by atoms with Crippen molar-refractivity contribution in [1.29, 1.82) is 0 Å². The van der Waals surface area contributed by atoms with E-state index in [1.807, 2.05) is 50.9 Å². The lowest BCUT2D eigenvalue weighted by Gasteiger charge is -2.36. The van der Waals surface area contributed by atoms with Gasteiger partial charge in [0.05, 0.1) is 6.54 Å². The molecule has 1 aromatic heterocycles. The van der Waals surface area contributed by atoms with Crippen LogP contribution in [0.3, 0.4) is 0 Å². The third kappa shape index (κ3) is 4.88. The topological polar surface area (TPSA) is 48.8 Å². The fourth-order valence-corrected chi connectivity index (χ4v) is 4.23. The molecule has 3 heterocycles. The minimum atomic E-state index is 0.0768. The Labute approximate surface area is 172 Å². The molecule has 6 nitrogen and oxygen atoms in total. The van der Waals surface area contributed by atoms with Crippen molar-refractivity contribution >= 4 is 11.8 Å². The first-order chi connectivity index (χ1) is 14.2. The third-order valence-electron chi connectivity index (χ3n) is 5.97. The zero-order valence-corrected chi connectivity index (χ0v) is 17.0. The molecule has 1 aromatic carbocycles. The van der Waals surface area contributed by atoms with Gasteiger partial charge in [-0.1, -0.05) is 30.3 Å². The summed E-state index contributed by atoms with van der Waals surface area (Å²) in [6.45, 7) is 5.82. The summed E-state index contributed by atoms with van der Waals surface area (Å²) in [6.07, 6.45) is 5.44. The van der Waals surface area contributed by atoms with Crippen molar-refractivity contribution in [2.45, 2.75) is 25.8 Å². The van der Waals surface area contributed by atoms with Crippen LogP contribution < -0.4 is 0 Å². The molecule has 29 heavy (non-hydrogen) atoms. The Morgan fingerprint density at radius 3 is 2.21 bits per heavy atom. The van der Waals surface area contributed by atoms with Gasteiger partial charge in [0.2, 0.25) is 5.91 Å². The number of piperidine rings is 1. The van der Waals surface area contributed by atoms with Gasteiger partial charge >= 0.3 is 0 Å². The highest BCUT2D eigenvalue weighted by Crippen LogP contribution is 2.14. The number of benzene rings is 1. The zero-order valence-electron chi connectivity index (χ0n) is 17.0. The van der Waals surface area contributed by atoms with Crippen molar-refractivity contribution in [2.24, 2.45) is 0 Å². The third-order valence-corrected chi connectivity index (χ3v) is 5.97. The summed E-state index contributed by atoms with van der Waals surface area (Å²) in [5.74, 6) is 0.314. The predicted octanol–water partition coefficient (Wildman–Crippen LogP) is 2.31. The van der Waals surface area contributed by atoms with Gasteiger partial charge in [-0.05, 0) is 37.0 Å². The summed E-state index contributed by atoms with van der Waals surface area (Å²) >= 11 is 0. The van der Waals surface area contributed by atoms with Gasteiger partial charge in [0.15, 0.2) is 0 Å². The quantitative estimate of drug-likeness (QED) is 0.782. The maximum atomic E-state index is 13.1. The first kappa shape index (κ1) is 19.7. The smallest absolute Gasteiger partial charge is 0.270 e. The molecule has 0 spiro atoms. The predicted molar refractivity (Wildman–Crippen MR) is 113 cm³/mol. The van der Waals surface area contributed by atoms with Gasteiger partial charge in [-0.2, -0.15) is 0 Å². The molecule has 0 bridgehead atoms. The Morgan fingerprint density at radius 1 is 0.759 bits per heavy atom. The highest BCUT2D eigenvalue weighted by atomic mass is 16.2. The maximum absolute atomic E-state index is 13.1. The first-order valence-electron chi connectivity index (χ1n) is 10.7. The van der Waals surface area contributed by atoms with Gasteiger partial charge < -0.3 is 14.4 Å². The van der Waals surface area contributed by atoms with Gasteiger partial charge in [0.25, 0.3) is 5.91 Å². The Morgan fingerprint density at radius 2 is 1.48 bits per heavy atom. The summed E-state index contributed by atoms with van der Waals surface area (Å²) in [5.41, 5.74) is 1.91. The Bertz CT molecular complexity index is 818. The van der Waals surface area contributed by atoms with Crippen LogP contribution in [0.4, 0.5) is 0 Å². The molecule has 2 aliphatic rings. The molecule has 2 saturated heterocycles. The standard InChI is InChI=1S/C23H30N4O2/c28-22(25-11-5-2-6-12-25)19-24-14-16-26(17-15-24)23(29)21-10-7-13-27(21)18-20-8-3-1-4-9-20/h1,3-4,7-10,13H,2,5-6,11-12,14-19H2. The molecular weight excluding hydrogens is 364 g/mol. The summed E-state index contributed by atoms with van der Waals surface area (Å²) in [5, 5.41) is 0. The normalized spacial score (nSPS) is 18.1. The van der Waals surface area contributed by atoms with Gasteiger partial charge in [0.1, 0.15) is 5.69 Å². The van der Waals surface area contributed by atoms with Gasteiger partial charge in [-0.3, -0.25) is 14.5 Å². The average Bonchev–Trinajstić information content (AvgIpc) is 3.23. The van der Waals surface area contributed by atoms with E-state index in [2.05, 4.69) is 17.0 Å². The van der Waals surface area contributed by atoms with Crippen LogP contribution in [0.5, 0.6) is 0 Å². The number of carbonyl (C=O) groups is 2. The monoisotopic (exact) mass is 394 g/mol. The number of rotatable bonds is 5. The molecule has 2 fully saturated rings. The molecule has 0 radical (unpaired) electrons. The van der Waals surface area contributed by atoms with Crippen molar-refractivity contribution in [2.75, 3.05) is 45.8 Å². The van der Waals surface area contributed by atoms with Crippen LogP contribution in [0.1, 0.15) is 35.3 Å². The Kier molecular flexibility index (Phi) is 6.30. The van der Waals surface area contributed by atoms with Crippen LogP contribution in [0.2, 0.25) is 0 Å². The molecule has 0 atom stereocenters. The maximum Gasteiger partial charge on any atom is 0.270 e. The number of hydrogen-bond donors (Lipinski definition) is 0. The van der Waals surface area contributed by atoms with E-state index in [-0.39, 0.29) is 11.8 Å². The van der Waals surface area contributed by atoms with E-state index in [4.69, 9.17) is 0 Å². The Hall–Kier alpha value is -2.60. The lowest BCUT2D eigenvalue weighted by atomic mass is 10.1. The largest absolute Gasteiger partial charge is 0.342 e. The van der Waals surface area contributed by atoms with Gasteiger partial charge in [0, 0.05) is 52.0 Å². The van der Waals surface area contributed by atoms with Gasteiger partial charge in [-0.15, -0.1) is 0 Å². The van der Waals surface area contributed by atoms with Crippen molar-refractivity contribution < 1.29 is 9.59 Å². The lowest BCUT2D eigenvalue weighted by Crippen LogP contribution is -2.52. The molecule has 0 unspecified atom stereocenters. The number of piperazine rings is 1. The molecule has 2 amide bonds. The first-order valence-corrected chi connectivity index (χ1v) is 10.7. The molecule has 0 aliphatic carbocycles. The second-order valence-electron chi connectivity index (χ2n) is 8.02. The highest BCUT2D eigenvalue weighted by Gasteiger charge is 2.26.